The number of aromatic amines is 1. The Labute approximate surface area is 70.4 Å². The molecule has 62 valence electrons. The van der Waals surface area contributed by atoms with Crippen molar-refractivity contribution in [1.82, 2.24) is 4.98 Å². The van der Waals surface area contributed by atoms with Crippen LogP contribution in [0.5, 0.6) is 0 Å². The molecular weight excluding hydrogens is 154 g/mol. The second-order valence-electron chi connectivity index (χ2n) is 2.10. The van der Waals surface area contributed by atoms with Crippen molar-refractivity contribution in [2.24, 2.45) is 0 Å². The van der Waals surface area contributed by atoms with Crippen LogP contribution in [0.3, 0.4) is 0 Å². The van der Waals surface area contributed by atoms with E-state index in [0.717, 1.165) is 5.56 Å². The van der Waals surface area contributed by atoms with Gasteiger partial charge in [0.2, 0.25) is 0 Å². The number of aromatic nitrogens is 1. The molecule has 3 heteroatoms. The van der Waals surface area contributed by atoms with Crippen LogP contribution in [0, 0.1) is 0 Å². The van der Waals surface area contributed by atoms with E-state index in [1.54, 1.807) is 12.0 Å². The van der Waals surface area contributed by atoms with Crippen LogP contribution in [-0.4, -0.2) is 17.5 Å². The molecule has 1 heterocycles. The SMILES string of the molecule is O=C=CCOC=Cc1cc[nH]c1. The summed E-state index contributed by atoms with van der Waals surface area (Å²) in [5, 5.41) is 0. The van der Waals surface area contributed by atoms with Gasteiger partial charge in [-0.1, -0.05) is 0 Å². The Morgan fingerprint density at radius 2 is 2.58 bits per heavy atom. The molecule has 0 fully saturated rings. The first kappa shape index (κ1) is 8.37. The van der Waals surface area contributed by atoms with Gasteiger partial charge in [0.25, 0.3) is 0 Å². The molecule has 0 saturated heterocycles. The quantitative estimate of drug-likeness (QED) is 0.414. The lowest BCUT2D eigenvalue weighted by Gasteiger charge is -1.90. The molecule has 0 spiro atoms. The number of ether oxygens (including phenoxy) is 1. The van der Waals surface area contributed by atoms with Crippen LogP contribution in [0.4, 0.5) is 0 Å². The molecule has 12 heavy (non-hydrogen) atoms. The highest BCUT2D eigenvalue weighted by atomic mass is 16.5. The van der Waals surface area contributed by atoms with Crippen molar-refractivity contribution in [3.05, 3.63) is 36.4 Å². The van der Waals surface area contributed by atoms with Gasteiger partial charge in [-0.15, -0.1) is 0 Å². The Morgan fingerprint density at radius 1 is 1.67 bits per heavy atom. The predicted octanol–water partition coefficient (Wildman–Crippen LogP) is 1.39. The fourth-order valence-electron chi connectivity index (χ4n) is 0.705. The molecule has 0 saturated carbocycles. The summed E-state index contributed by atoms with van der Waals surface area (Å²) >= 11 is 0. The van der Waals surface area contributed by atoms with E-state index < -0.39 is 0 Å². The summed E-state index contributed by atoms with van der Waals surface area (Å²) < 4.78 is 4.93. The summed E-state index contributed by atoms with van der Waals surface area (Å²) in [6, 6.07) is 1.91. The lowest BCUT2D eigenvalue weighted by atomic mass is 10.3. The average molecular weight is 163 g/mol. The van der Waals surface area contributed by atoms with E-state index in [0.29, 0.717) is 0 Å². The maximum Gasteiger partial charge on any atom is 0.123 e. The first-order valence-corrected chi connectivity index (χ1v) is 3.54. The first-order chi connectivity index (χ1) is 5.93. The van der Waals surface area contributed by atoms with E-state index >= 15 is 0 Å². The third kappa shape index (κ3) is 2.90. The van der Waals surface area contributed by atoms with Gasteiger partial charge in [-0.05, 0) is 17.7 Å². The molecule has 1 aromatic heterocycles. The molecule has 0 aliphatic carbocycles. The fourth-order valence-corrected chi connectivity index (χ4v) is 0.705. The third-order valence-electron chi connectivity index (χ3n) is 1.24. The van der Waals surface area contributed by atoms with Gasteiger partial charge < -0.3 is 9.72 Å². The van der Waals surface area contributed by atoms with Gasteiger partial charge in [0.05, 0.1) is 6.26 Å². The highest BCUT2D eigenvalue weighted by Crippen LogP contribution is 1.98. The van der Waals surface area contributed by atoms with Crippen molar-refractivity contribution in [1.29, 1.82) is 0 Å². The minimum atomic E-state index is 0.268. The van der Waals surface area contributed by atoms with Gasteiger partial charge in [-0.3, -0.25) is 0 Å². The lowest BCUT2D eigenvalue weighted by molar-refractivity contribution is 0.293. The van der Waals surface area contributed by atoms with Crippen molar-refractivity contribution in [3.8, 4) is 0 Å². The smallest absolute Gasteiger partial charge is 0.123 e. The summed E-state index contributed by atoms with van der Waals surface area (Å²) in [7, 11) is 0. The summed E-state index contributed by atoms with van der Waals surface area (Å²) in [6.07, 6.45) is 8.29. The maximum absolute atomic E-state index is 9.71. The number of hydrogen-bond acceptors (Lipinski definition) is 2. The number of H-pyrrole nitrogens is 1. The van der Waals surface area contributed by atoms with Gasteiger partial charge in [-0.2, -0.15) is 0 Å². The van der Waals surface area contributed by atoms with Crippen LogP contribution in [-0.2, 0) is 9.53 Å². The molecule has 1 rings (SSSR count). The molecular formula is C9H9NO2. The summed E-state index contributed by atoms with van der Waals surface area (Å²) in [5.74, 6) is 1.62. The summed E-state index contributed by atoms with van der Waals surface area (Å²) in [4.78, 5) is 12.6. The van der Waals surface area contributed by atoms with E-state index in [4.69, 9.17) is 4.74 Å². The minimum Gasteiger partial charge on any atom is -0.496 e. The van der Waals surface area contributed by atoms with Crippen molar-refractivity contribution in [2.75, 3.05) is 6.61 Å². The molecule has 1 N–H and O–H groups in total. The summed E-state index contributed by atoms with van der Waals surface area (Å²) in [6.45, 7) is 0.268. The van der Waals surface area contributed by atoms with Crippen LogP contribution in [0.2, 0.25) is 0 Å². The zero-order valence-electron chi connectivity index (χ0n) is 6.49. The molecule has 0 aromatic carbocycles. The highest BCUT2D eigenvalue weighted by Gasteiger charge is 1.82. The van der Waals surface area contributed by atoms with Gasteiger partial charge in [0, 0.05) is 18.5 Å². The van der Waals surface area contributed by atoms with E-state index in [9.17, 15) is 4.79 Å². The largest absolute Gasteiger partial charge is 0.496 e. The highest BCUT2D eigenvalue weighted by molar-refractivity contribution is 5.47. The van der Waals surface area contributed by atoms with Crippen molar-refractivity contribution in [3.63, 3.8) is 0 Å². The van der Waals surface area contributed by atoms with Gasteiger partial charge in [0.1, 0.15) is 12.5 Å². The Balaban J connectivity index is 2.27. The zero-order chi connectivity index (χ0) is 8.65. The number of nitrogens with one attached hydrogen (secondary N) is 1. The Morgan fingerprint density at radius 3 is 3.25 bits per heavy atom. The number of rotatable bonds is 4. The fraction of sp³-hybridized carbons (Fsp3) is 0.111. The van der Waals surface area contributed by atoms with Crippen LogP contribution in [0.15, 0.2) is 30.8 Å². The molecule has 0 aliphatic rings. The monoisotopic (exact) mass is 163 g/mol. The van der Waals surface area contributed by atoms with E-state index in [-0.39, 0.29) is 6.61 Å². The Hall–Kier alpha value is -1.73. The number of hydrogen-bond donors (Lipinski definition) is 1. The van der Waals surface area contributed by atoms with E-state index in [1.807, 2.05) is 18.5 Å². The first-order valence-electron chi connectivity index (χ1n) is 3.54. The van der Waals surface area contributed by atoms with Crippen molar-refractivity contribution in [2.45, 2.75) is 0 Å². The van der Waals surface area contributed by atoms with Crippen LogP contribution >= 0.6 is 0 Å². The maximum atomic E-state index is 9.71. The Bertz CT molecular complexity index is 281. The average Bonchev–Trinajstić information content (AvgIpc) is 2.57. The van der Waals surface area contributed by atoms with Gasteiger partial charge in [-0.25, -0.2) is 4.79 Å². The Kier molecular flexibility index (Phi) is 3.48. The van der Waals surface area contributed by atoms with E-state index in [1.165, 1.54) is 12.3 Å². The molecule has 3 nitrogen and oxygen atoms in total. The molecule has 0 bridgehead atoms. The molecule has 0 atom stereocenters. The normalized spacial score (nSPS) is 9.67. The molecule has 0 radical (unpaired) electrons. The molecule has 0 aliphatic heterocycles. The molecule has 0 amide bonds. The van der Waals surface area contributed by atoms with Crippen LogP contribution in [0.1, 0.15) is 5.56 Å². The van der Waals surface area contributed by atoms with Crippen molar-refractivity contribution >= 4 is 12.0 Å². The van der Waals surface area contributed by atoms with Crippen molar-refractivity contribution < 1.29 is 9.53 Å². The standard InChI is InChI=1S/C9H9NO2/c11-5-1-6-12-7-3-9-2-4-10-8-9/h1-4,7-8,10H,6H2. The molecule has 0 unspecified atom stereocenters. The predicted molar refractivity (Wildman–Crippen MR) is 46.0 cm³/mol. The lowest BCUT2D eigenvalue weighted by Crippen LogP contribution is -1.79. The molecule has 1 aromatic rings. The third-order valence-corrected chi connectivity index (χ3v) is 1.24. The minimum absolute atomic E-state index is 0.268. The topological polar surface area (TPSA) is 42.1 Å². The second-order valence-corrected chi connectivity index (χ2v) is 2.10. The van der Waals surface area contributed by atoms with E-state index in [2.05, 4.69) is 4.98 Å². The second kappa shape index (κ2) is 4.99. The van der Waals surface area contributed by atoms with Gasteiger partial charge >= 0.3 is 0 Å². The summed E-state index contributed by atoms with van der Waals surface area (Å²) in [5.41, 5.74) is 1.03. The number of carbonyl (C=O) groups excluding carboxylic acids is 1. The van der Waals surface area contributed by atoms with Crippen LogP contribution in [0.25, 0.3) is 6.08 Å². The van der Waals surface area contributed by atoms with Crippen LogP contribution < -0.4 is 0 Å². The van der Waals surface area contributed by atoms with Gasteiger partial charge in [0.15, 0.2) is 0 Å². The zero-order valence-corrected chi connectivity index (χ0v) is 6.49.